The molecule has 1 unspecified atom stereocenters. The lowest BCUT2D eigenvalue weighted by Gasteiger charge is -2.39. The highest BCUT2D eigenvalue weighted by Gasteiger charge is 2.26. The molecule has 1 atom stereocenters. The van der Waals surface area contributed by atoms with Gasteiger partial charge in [0.1, 0.15) is 0 Å². The first-order chi connectivity index (χ1) is 8.52. The van der Waals surface area contributed by atoms with E-state index in [0.29, 0.717) is 18.0 Å². The summed E-state index contributed by atoms with van der Waals surface area (Å²) in [7, 11) is 2.29. The lowest BCUT2D eigenvalue weighted by molar-refractivity contribution is 0.0203. The summed E-state index contributed by atoms with van der Waals surface area (Å²) in [6.45, 7) is 13.3. The number of hydrogen-bond donors (Lipinski definition) is 1. The Morgan fingerprint density at radius 1 is 1.11 bits per heavy atom. The summed E-state index contributed by atoms with van der Waals surface area (Å²) in [5, 5.41) is 3.61. The zero-order valence-corrected chi connectivity index (χ0v) is 12.9. The summed E-state index contributed by atoms with van der Waals surface area (Å²) in [5.74, 6) is 1.42. The van der Waals surface area contributed by atoms with Gasteiger partial charge in [-0.1, -0.05) is 27.7 Å². The molecule has 3 heteroatoms. The van der Waals surface area contributed by atoms with Crippen molar-refractivity contribution in [1.29, 1.82) is 0 Å². The molecular weight excluding hydrogens is 224 g/mol. The third kappa shape index (κ3) is 5.25. The average Bonchev–Trinajstić information content (AvgIpc) is 2.34. The zero-order chi connectivity index (χ0) is 13.5. The topological polar surface area (TPSA) is 24.5 Å². The van der Waals surface area contributed by atoms with Crippen LogP contribution in [-0.2, 0) is 4.74 Å². The van der Waals surface area contributed by atoms with Crippen molar-refractivity contribution in [2.75, 3.05) is 33.4 Å². The predicted octanol–water partition coefficient (Wildman–Crippen LogP) is 2.37. The van der Waals surface area contributed by atoms with E-state index in [4.69, 9.17) is 4.74 Å². The molecule has 3 nitrogen and oxygen atoms in total. The molecule has 0 spiro atoms. The van der Waals surface area contributed by atoms with Crippen molar-refractivity contribution >= 4 is 0 Å². The van der Waals surface area contributed by atoms with E-state index >= 15 is 0 Å². The number of nitrogens with one attached hydrogen (secondary N) is 1. The highest BCUT2D eigenvalue weighted by atomic mass is 16.5. The van der Waals surface area contributed by atoms with E-state index in [2.05, 4.69) is 45.0 Å². The lowest BCUT2D eigenvalue weighted by Crippen LogP contribution is -2.50. The van der Waals surface area contributed by atoms with Crippen molar-refractivity contribution in [3.63, 3.8) is 0 Å². The van der Waals surface area contributed by atoms with Gasteiger partial charge in [0, 0.05) is 31.8 Å². The monoisotopic (exact) mass is 256 g/mol. The Bertz CT molecular complexity index is 213. The zero-order valence-electron chi connectivity index (χ0n) is 12.9. The molecule has 1 fully saturated rings. The summed E-state index contributed by atoms with van der Waals surface area (Å²) in [6, 6.07) is 1.33. The Labute approximate surface area is 113 Å². The lowest BCUT2D eigenvalue weighted by atomic mass is 9.98. The number of rotatable bonds is 7. The van der Waals surface area contributed by atoms with E-state index in [1.54, 1.807) is 0 Å². The van der Waals surface area contributed by atoms with E-state index in [0.717, 1.165) is 32.2 Å². The Morgan fingerprint density at radius 2 is 1.72 bits per heavy atom. The third-order valence-electron chi connectivity index (χ3n) is 3.97. The van der Waals surface area contributed by atoms with Crippen LogP contribution in [0.5, 0.6) is 0 Å². The first-order valence-electron chi connectivity index (χ1n) is 7.52. The van der Waals surface area contributed by atoms with Crippen LogP contribution in [0.4, 0.5) is 0 Å². The molecule has 0 saturated carbocycles. The van der Waals surface area contributed by atoms with Crippen LogP contribution in [0.15, 0.2) is 0 Å². The van der Waals surface area contributed by atoms with Crippen molar-refractivity contribution in [2.45, 2.75) is 52.6 Å². The van der Waals surface area contributed by atoms with Gasteiger partial charge in [0.25, 0.3) is 0 Å². The van der Waals surface area contributed by atoms with Gasteiger partial charge in [-0.3, -0.25) is 4.90 Å². The average molecular weight is 256 g/mol. The van der Waals surface area contributed by atoms with Crippen LogP contribution >= 0.6 is 0 Å². The second kappa shape index (κ2) is 8.13. The largest absolute Gasteiger partial charge is 0.381 e. The minimum absolute atomic E-state index is 0.631. The fraction of sp³-hybridized carbons (Fsp3) is 1.00. The molecule has 0 bridgehead atoms. The van der Waals surface area contributed by atoms with Crippen LogP contribution in [0.25, 0.3) is 0 Å². The normalized spacial score (nSPS) is 20.0. The van der Waals surface area contributed by atoms with E-state index in [9.17, 15) is 0 Å². The second-order valence-electron chi connectivity index (χ2n) is 6.37. The Kier molecular flexibility index (Phi) is 7.20. The standard InChI is InChI=1S/C15H32N2O/c1-12(2)10-16-11-15(13(3)4)17(5)14-6-8-18-9-7-14/h12-16H,6-11H2,1-5H3. The molecule has 0 aliphatic carbocycles. The molecule has 1 N–H and O–H groups in total. The molecule has 0 aromatic rings. The Morgan fingerprint density at radius 3 is 2.22 bits per heavy atom. The summed E-state index contributed by atoms with van der Waals surface area (Å²) in [5.41, 5.74) is 0. The summed E-state index contributed by atoms with van der Waals surface area (Å²) >= 11 is 0. The SMILES string of the molecule is CC(C)CNCC(C(C)C)N(C)C1CCOCC1. The van der Waals surface area contributed by atoms with Crippen molar-refractivity contribution < 1.29 is 4.74 Å². The number of ether oxygens (including phenoxy) is 1. The molecule has 1 aliphatic heterocycles. The molecule has 1 rings (SSSR count). The van der Waals surface area contributed by atoms with Gasteiger partial charge in [-0.2, -0.15) is 0 Å². The fourth-order valence-corrected chi connectivity index (χ4v) is 2.73. The van der Waals surface area contributed by atoms with Crippen molar-refractivity contribution in [3.8, 4) is 0 Å². The van der Waals surface area contributed by atoms with Gasteiger partial charge in [0.15, 0.2) is 0 Å². The van der Waals surface area contributed by atoms with Crippen molar-refractivity contribution in [3.05, 3.63) is 0 Å². The molecule has 0 radical (unpaired) electrons. The second-order valence-corrected chi connectivity index (χ2v) is 6.37. The Hall–Kier alpha value is -0.120. The highest BCUT2D eigenvalue weighted by Crippen LogP contribution is 2.19. The van der Waals surface area contributed by atoms with Crippen LogP contribution in [-0.4, -0.2) is 50.3 Å². The van der Waals surface area contributed by atoms with E-state index in [1.165, 1.54) is 12.8 Å². The molecule has 0 aromatic heterocycles. The first-order valence-corrected chi connectivity index (χ1v) is 7.52. The molecular formula is C15H32N2O. The number of hydrogen-bond acceptors (Lipinski definition) is 3. The summed E-state index contributed by atoms with van der Waals surface area (Å²) < 4.78 is 5.46. The van der Waals surface area contributed by atoms with Gasteiger partial charge < -0.3 is 10.1 Å². The third-order valence-corrected chi connectivity index (χ3v) is 3.97. The van der Waals surface area contributed by atoms with Gasteiger partial charge >= 0.3 is 0 Å². The maximum absolute atomic E-state index is 5.46. The summed E-state index contributed by atoms with van der Waals surface area (Å²) in [6.07, 6.45) is 2.37. The molecule has 0 aromatic carbocycles. The number of likely N-dealkylation sites (N-methyl/N-ethyl adjacent to an activating group) is 1. The maximum atomic E-state index is 5.46. The summed E-state index contributed by atoms with van der Waals surface area (Å²) in [4.78, 5) is 2.58. The first kappa shape index (κ1) is 15.9. The van der Waals surface area contributed by atoms with Crippen LogP contribution in [0.1, 0.15) is 40.5 Å². The van der Waals surface area contributed by atoms with E-state index in [1.807, 2.05) is 0 Å². The molecule has 108 valence electrons. The van der Waals surface area contributed by atoms with Gasteiger partial charge in [0.2, 0.25) is 0 Å². The molecule has 18 heavy (non-hydrogen) atoms. The minimum atomic E-state index is 0.631. The van der Waals surface area contributed by atoms with Crippen molar-refractivity contribution in [2.24, 2.45) is 11.8 Å². The Balaban J connectivity index is 2.43. The maximum Gasteiger partial charge on any atom is 0.0480 e. The molecule has 1 aliphatic rings. The van der Waals surface area contributed by atoms with Crippen LogP contribution in [0.3, 0.4) is 0 Å². The van der Waals surface area contributed by atoms with Gasteiger partial charge in [-0.25, -0.2) is 0 Å². The minimum Gasteiger partial charge on any atom is -0.381 e. The van der Waals surface area contributed by atoms with Crippen LogP contribution < -0.4 is 5.32 Å². The number of nitrogens with zero attached hydrogens (tertiary/aromatic N) is 1. The molecule has 1 heterocycles. The van der Waals surface area contributed by atoms with E-state index < -0.39 is 0 Å². The quantitative estimate of drug-likeness (QED) is 0.757. The van der Waals surface area contributed by atoms with Crippen molar-refractivity contribution in [1.82, 2.24) is 10.2 Å². The van der Waals surface area contributed by atoms with Gasteiger partial charge in [-0.15, -0.1) is 0 Å². The van der Waals surface area contributed by atoms with Gasteiger partial charge in [-0.05, 0) is 38.3 Å². The predicted molar refractivity (Wildman–Crippen MR) is 77.9 cm³/mol. The fourth-order valence-electron chi connectivity index (χ4n) is 2.73. The molecule has 1 saturated heterocycles. The van der Waals surface area contributed by atoms with E-state index in [-0.39, 0.29) is 0 Å². The highest BCUT2D eigenvalue weighted by molar-refractivity contribution is 4.82. The van der Waals surface area contributed by atoms with Gasteiger partial charge in [0.05, 0.1) is 0 Å². The molecule has 0 amide bonds. The van der Waals surface area contributed by atoms with Crippen LogP contribution in [0.2, 0.25) is 0 Å². The van der Waals surface area contributed by atoms with Crippen LogP contribution in [0, 0.1) is 11.8 Å². The smallest absolute Gasteiger partial charge is 0.0480 e.